The molecule has 1 saturated carbocycles. The summed E-state index contributed by atoms with van der Waals surface area (Å²) in [6, 6.07) is 0.572. The van der Waals surface area contributed by atoms with Gasteiger partial charge in [-0.25, -0.2) is 0 Å². The van der Waals surface area contributed by atoms with Gasteiger partial charge in [-0.05, 0) is 38.0 Å². The Morgan fingerprint density at radius 3 is 2.44 bits per heavy atom. The third-order valence-corrected chi connectivity index (χ3v) is 3.86. The van der Waals surface area contributed by atoms with Crippen molar-refractivity contribution in [1.29, 1.82) is 0 Å². The smallest absolute Gasteiger partial charge is 0.0588 e. The van der Waals surface area contributed by atoms with Gasteiger partial charge < -0.3 is 0 Å². The molecule has 0 bridgehead atoms. The van der Waals surface area contributed by atoms with Gasteiger partial charge in [0.15, 0.2) is 0 Å². The van der Waals surface area contributed by atoms with Crippen LogP contribution >= 0.6 is 11.6 Å². The van der Waals surface area contributed by atoms with Crippen molar-refractivity contribution in [2.45, 2.75) is 51.5 Å². The van der Waals surface area contributed by atoms with E-state index >= 15 is 0 Å². The maximum absolute atomic E-state index is 6.06. The summed E-state index contributed by atoms with van der Waals surface area (Å²) < 4.78 is 2.13. The summed E-state index contributed by atoms with van der Waals surface area (Å²) in [6.45, 7) is 6.68. The van der Waals surface area contributed by atoms with Crippen LogP contribution in [0.25, 0.3) is 0 Å². The van der Waals surface area contributed by atoms with E-state index in [0.29, 0.717) is 6.04 Å². The van der Waals surface area contributed by atoms with Crippen LogP contribution in [0.15, 0.2) is 12.4 Å². The van der Waals surface area contributed by atoms with E-state index in [4.69, 9.17) is 11.6 Å². The lowest BCUT2D eigenvalue weighted by Crippen LogP contribution is -2.22. The molecule has 0 saturated heterocycles. The SMILES string of the molecule is CC1CC(C)CC(n2cc(C(C)Cl)cn2)C1. The predicted octanol–water partition coefficient (Wildman–Crippen LogP) is 4.18. The van der Waals surface area contributed by atoms with Crippen molar-refractivity contribution in [1.82, 2.24) is 9.78 Å². The Kier molecular flexibility index (Phi) is 3.58. The van der Waals surface area contributed by atoms with E-state index < -0.39 is 0 Å². The maximum atomic E-state index is 6.06. The Balaban J connectivity index is 2.10. The predicted molar refractivity (Wildman–Crippen MR) is 67.7 cm³/mol. The number of hydrogen-bond acceptors (Lipinski definition) is 1. The molecule has 1 fully saturated rings. The van der Waals surface area contributed by atoms with Crippen molar-refractivity contribution in [3.8, 4) is 0 Å². The molecular formula is C13H21ClN2. The molecule has 3 unspecified atom stereocenters. The largest absolute Gasteiger partial charge is 0.269 e. The van der Waals surface area contributed by atoms with E-state index in [-0.39, 0.29) is 5.38 Å². The summed E-state index contributed by atoms with van der Waals surface area (Å²) in [4.78, 5) is 0. The van der Waals surface area contributed by atoms with Crippen molar-refractivity contribution in [3.63, 3.8) is 0 Å². The Bertz CT molecular complexity index is 335. The Morgan fingerprint density at radius 1 is 1.31 bits per heavy atom. The summed E-state index contributed by atoms with van der Waals surface area (Å²) in [7, 11) is 0. The Morgan fingerprint density at radius 2 is 1.94 bits per heavy atom. The van der Waals surface area contributed by atoms with Gasteiger partial charge in [0.1, 0.15) is 0 Å². The minimum absolute atomic E-state index is 0.0622. The zero-order valence-electron chi connectivity index (χ0n) is 10.4. The van der Waals surface area contributed by atoms with Crippen molar-refractivity contribution < 1.29 is 0 Å². The van der Waals surface area contributed by atoms with Gasteiger partial charge in [0, 0.05) is 11.8 Å². The third-order valence-electron chi connectivity index (χ3n) is 3.61. The Labute approximate surface area is 103 Å². The van der Waals surface area contributed by atoms with Crippen LogP contribution in [0.5, 0.6) is 0 Å². The van der Waals surface area contributed by atoms with Gasteiger partial charge in [0.25, 0.3) is 0 Å². The molecule has 16 heavy (non-hydrogen) atoms. The average Bonchev–Trinajstić information content (AvgIpc) is 2.64. The van der Waals surface area contributed by atoms with Crippen LogP contribution in [0.2, 0.25) is 0 Å². The fourth-order valence-electron chi connectivity index (χ4n) is 2.88. The highest BCUT2D eigenvalue weighted by Crippen LogP contribution is 2.36. The van der Waals surface area contributed by atoms with Crippen molar-refractivity contribution >= 4 is 11.6 Å². The first-order valence-corrected chi connectivity index (χ1v) is 6.68. The lowest BCUT2D eigenvalue weighted by Gasteiger charge is -2.31. The zero-order chi connectivity index (χ0) is 11.7. The number of alkyl halides is 1. The first kappa shape index (κ1) is 12.0. The van der Waals surface area contributed by atoms with Gasteiger partial charge >= 0.3 is 0 Å². The minimum Gasteiger partial charge on any atom is -0.269 e. The van der Waals surface area contributed by atoms with Gasteiger partial charge in [-0.15, -0.1) is 11.6 Å². The van der Waals surface area contributed by atoms with Crippen molar-refractivity contribution in [2.75, 3.05) is 0 Å². The second-order valence-electron chi connectivity index (χ2n) is 5.44. The van der Waals surface area contributed by atoms with Crippen molar-refractivity contribution in [3.05, 3.63) is 18.0 Å². The summed E-state index contributed by atoms with van der Waals surface area (Å²) in [6.07, 6.45) is 7.88. The molecule has 3 heteroatoms. The first-order chi connectivity index (χ1) is 7.56. The average molecular weight is 241 g/mol. The van der Waals surface area contributed by atoms with E-state index in [0.717, 1.165) is 17.4 Å². The van der Waals surface area contributed by atoms with Crippen LogP contribution in [-0.4, -0.2) is 9.78 Å². The minimum atomic E-state index is 0.0622. The highest BCUT2D eigenvalue weighted by atomic mass is 35.5. The third kappa shape index (κ3) is 2.60. The maximum Gasteiger partial charge on any atom is 0.0588 e. The van der Waals surface area contributed by atoms with Gasteiger partial charge in [-0.3, -0.25) is 4.68 Å². The lowest BCUT2D eigenvalue weighted by molar-refractivity contribution is 0.210. The van der Waals surface area contributed by atoms with Gasteiger partial charge in [-0.2, -0.15) is 5.10 Å². The highest BCUT2D eigenvalue weighted by Gasteiger charge is 2.25. The standard InChI is InChI=1S/C13H21ClN2/c1-9-4-10(2)6-13(5-9)16-8-12(7-15-16)11(3)14/h7-11,13H,4-6H2,1-3H3. The molecule has 1 aromatic heterocycles. The molecule has 90 valence electrons. The summed E-state index contributed by atoms with van der Waals surface area (Å²) in [5, 5.41) is 4.52. The molecule has 3 atom stereocenters. The number of rotatable bonds is 2. The fraction of sp³-hybridized carbons (Fsp3) is 0.769. The lowest BCUT2D eigenvalue weighted by atomic mass is 9.80. The van der Waals surface area contributed by atoms with Crippen LogP contribution in [0.3, 0.4) is 0 Å². The highest BCUT2D eigenvalue weighted by molar-refractivity contribution is 6.20. The normalized spacial score (nSPS) is 32.6. The van der Waals surface area contributed by atoms with Crippen LogP contribution in [0.4, 0.5) is 0 Å². The van der Waals surface area contributed by atoms with Crippen LogP contribution < -0.4 is 0 Å². The second-order valence-corrected chi connectivity index (χ2v) is 6.10. The molecule has 2 rings (SSSR count). The summed E-state index contributed by atoms with van der Waals surface area (Å²) in [5.41, 5.74) is 1.13. The van der Waals surface area contributed by atoms with E-state index in [1.807, 2.05) is 13.1 Å². The number of aromatic nitrogens is 2. The first-order valence-electron chi connectivity index (χ1n) is 6.24. The van der Waals surface area contributed by atoms with Gasteiger partial charge in [-0.1, -0.05) is 13.8 Å². The molecule has 1 aliphatic carbocycles. The molecule has 0 N–H and O–H groups in total. The molecular weight excluding hydrogens is 220 g/mol. The van der Waals surface area contributed by atoms with Crippen LogP contribution in [0.1, 0.15) is 57.0 Å². The van der Waals surface area contributed by atoms with E-state index in [1.54, 1.807) is 0 Å². The molecule has 2 nitrogen and oxygen atoms in total. The van der Waals surface area contributed by atoms with E-state index in [2.05, 4.69) is 29.8 Å². The monoisotopic (exact) mass is 240 g/mol. The molecule has 1 heterocycles. The molecule has 0 aromatic carbocycles. The molecule has 0 amide bonds. The quantitative estimate of drug-likeness (QED) is 0.709. The Hall–Kier alpha value is -0.500. The van der Waals surface area contributed by atoms with Crippen LogP contribution in [-0.2, 0) is 0 Å². The molecule has 0 spiro atoms. The van der Waals surface area contributed by atoms with Gasteiger partial charge in [0.05, 0.1) is 17.6 Å². The molecule has 1 aromatic rings. The molecule has 1 aliphatic rings. The summed E-state index contributed by atoms with van der Waals surface area (Å²) in [5.74, 6) is 1.63. The topological polar surface area (TPSA) is 17.8 Å². The van der Waals surface area contributed by atoms with Gasteiger partial charge in [0.2, 0.25) is 0 Å². The second kappa shape index (κ2) is 4.79. The van der Waals surface area contributed by atoms with E-state index in [1.165, 1.54) is 19.3 Å². The van der Waals surface area contributed by atoms with Crippen LogP contribution in [0, 0.1) is 11.8 Å². The zero-order valence-corrected chi connectivity index (χ0v) is 11.1. The summed E-state index contributed by atoms with van der Waals surface area (Å²) >= 11 is 6.06. The number of halogens is 1. The number of hydrogen-bond donors (Lipinski definition) is 0. The van der Waals surface area contributed by atoms with Crippen molar-refractivity contribution in [2.24, 2.45) is 11.8 Å². The fourth-order valence-corrected chi connectivity index (χ4v) is 2.99. The number of nitrogens with zero attached hydrogens (tertiary/aromatic N) is 2. The van der Waals surface area contributed by atoms with E-state index in [9.17, 15) is 0 Å². The molecule has 0 aliphatic heterocycles. The molecule has 0 radical (unpaired) electrons.